The van der Waals surface area contributed by atoms with Gasteiger partial charge >= 0.3 is 0 Å². The minimum Gasteiger partial charge on any atom is -0.268 e. The quantitative estimate of drug-likeness (QED) is 0.323. The number of thioether (sulfide) groups is 1. The van der Waals surface area contributed by atoms with Gasteiger partial charge in [0.2, 0.25) is 0 Å². The van der Waals surface area contributed by atoms with Crippen molar-refractivity contribution in [3.05, 3.63) is 77.6 Å². The molecule has 9 heteroatoms. The van der Waals surface area contributed by atoms with Gasteiger partial charge in [-0.05, 0) is 63.1 Å². The Morgan fingerprint density at radius 1 is 1.15 bits per heavy atom. The molecule has 132 valence electrons. The Labute approximate surface area is 169 Å². The third-order valence-corrected chi connectivity index (χ3v) is 5.64. The summed E-state index contributed by atoms with van der Waals surface area (Å²) in [6.45, 7) is 0.169. The molecule has 0 atom stereocenters. The number of nitro benzene ring substituents is 1. The fraction of sp³-hybridized carbons (Fsp3) is 0.0588. The van der Waals surface area contributed by atoms with Crippen LogP contribution in [0.1, 0.15) is 11.1 Å². The van der Waals surface area contributed by atoms with Gasteiger partial charge in [-0.2, -0.15) is 0 Å². The van der Waals surface area contributed by atoms with Crippen LogP contribution in [0.25, 0.3) is 6.08 Å². The molecule has 2 aromatic carbocycles. The summed E-state index contributed by atoms with van der Waals surface area (Å²) >= 11 is 7.30. The lowest BCUT2D eigenvalue weighted by Crippen LogP contribution is -2.27. The number of benzene rings is 2. The van der Waals surface area contributed by atoms with Gasteiger partial charge in [-0.1, -0.05) is 34.1 Å². The summed E-state index contributed by atoms with van der Waals surface area (Å²) in [5.74, 6) is -0.412. The predicted octanol–water partition coefficient (Wildman–Crippen LogP) is 5.36. The second kappa shape index (κ2) is 7.73. The van der Waals surface area contributed by atoms with E-state index < -0.39 is 10.8 Å². The smallest absolute Gasteiger partial charge is 0.268 e. The van der Waals surface area contributed by atoms with Crippen molar-refractivity contribution in [2.75, 3.05) is 0 Å². The molecule has 2 aromatic rings. The molecule has 0 spiro atoms. The fourth-order valence-corrected chi connectivity index (χ4v) is 4.04. The molecule has 0 saturated carbocycles. The van der Waals surface area contributed by atoms with Crippen molar-refractivity contribution in [1.82, 2.24) is 4.90 Å². The highest BCUT2D eigenvalue weighted by Crippen LogP contribution is 2.34. The van der Waals surface area contributed by atoms with Crippen LogP contribution in [-0.4, -0.2) is 21.0 Å². The maximum Gasteiger partial charge on any atom is 0.293 e. The Morgan fingerprint density at radius 2 is 1.92 bits per heavy atom. The molecular formula is C17H10Br2N2O4S. The van der Waals surface area contributed by atoms with E-state index >= 15 is 0 Å². The molecule has 1 aliphatic heterocycles. The van der Waals surface area contributed by atoms with E-state index in [2.05, 4.69) is 31.9 Å². The average molecular weight is 498 g/mol. The van der Waals surface area contributed by atoms with Crippen molar-refractivity contribution >= 4 is 66.5 Å². The standard InChI is InChI=1S/C17H10Br2N2O4S/c18-12-3-1-2-11(6-12)9-20-16(22)15(26-17(20)23)8-10-4-5-13(19)14(7-10)21(24)25/h1-8H,9H2/b15-8-. The number of halogens is 2. The lowest BCUT2D eigenvalue weighted by atomic mass is 10.2. The van der Waals surface area contributed by atoms with E-state index in [0.29, 0.717) is 10.0 Å². The van der Waals surface area contributed by atoms with Crippen LogP contribution in [0, 0.1) is 10.1 Å². The van der Waals surface area contributed by atoms with Crippen LogP contribution in [0.3, 0.4) is 0 Å². The van der Waals surface area contributed by atoms with E-state index in [4.69, 9.17) is 0 Å². The molecule has 0 unspecified atom stereocenters. The third kappa shape index (κ3) is 4.05. The summed E-state index contributed by atoms with van der Waals surface area (Å²) in [6.07, 6.45) is 1.49. The van der Waals surface area contributed by atoms with Crippen LogP contribution in [0.15, 0.2) is 56.3 Å². The summed E-state index contributed by atoms with van der Waals surface area (Å²) in [5, 5.41) is 10.7. The number of carbonyl (C=O) groups is 2. The second-order valence-electron chi connectivity index (χ2n) is 5.37. The van der Waals surface area contributed by atoms with Crippen molar-refractivity contribution in [2.24, 2.45) is 0 Å². The molecule has 1 fully saturated rings. The van der Waals surface area contributed by atoms with Crippen LogP contribution in [0.4, 0.5) is 10.5 Å². The first-order chi connectivity index (χ1) is 12.3. The van der Waals surface area contributed by atoms with E-state index in [1.54, 1.807) is 6.07 Å². The summed E-state index contributed by atoms with van der Waals surface area (Å²) in [5.41, 5.74) is 1.20. The summed E-state index contributed by atoms with van der Waals surface area (Å²) in [6, 6.07) is 11.9. The number of hydrogen-bond acceptors (Lipinski definition) is 5. The highest BCUT2D eigenvalue weighted by Gasteiger charge is 2.35. The maximum absolute atomic E-state index is 12.6. The van der Waals surface area contributed by atoms with Crippen molar-refractivity contribution < 1.29 is 14.5 Å². The highest BCUT2D eigenvalue weighted by molar-refractivity contribution is 9.10. The Balaban J connectivity index is 1.85. The topological polar surface area (TPSA) is 80.5 Å². The summed E-state index contributed by atoms with van der Waals surface area (Å²) < 4.78 is 1.21. The molecule has 3 rings (SSSR count). The van der Waals surface area contributed by atoms with E-state index in [1.165, 1.54) is 18.2 Å². The van der Waals surface area contributed by atoms with Gasteiger partial charge in [0.25, 0.3) is 16.8 Å². The lowest BCUT2D eigenvalue weighted by molar-refractivity contribution is -0.385. The van der Waals surface area contributed by atoms with Gasteiger partial charge < -0.3 is 0 Å². The zero-order valence-electron chi connectivity index (χ0n) is 13.0. The van der Waals surface area contributed by atoms with Crippen molar-refractivity contribution in [1.29, 1.82) is 0 Å². The molecule has 0 aliphatic carbocycles. The molecule has 0 aromatic heterocycles. The number of carbonyl (C=O) groups excluding carboxylic acids is 2. The SMILES string of the molecule is O=C1S/C(=C\c2ccc(Br)c([N+](=O)[O-])c2)C(=O)N1Cc1cccc(Br)c1. The molecule has 1 aliphatic rings. The van der Waals surface area contributed by atoms with Gasteiger partial charge in [-0.3, -0.25) is 24.6 Å². The van der Waals surface area contributed by atoms with Crippen LogP contribution in [0.2, 0.25) is 0 Å². The fourth-order valence-electron chi connectivity index (χ4n) is 2.36. The minimum atomic E-state index is -0.513. The number of nitro groups is 1. The Hall–Kier alpha value is -1.97. The number of rotatable bonds is 4. The first kappa shape index (κ1) is 18.8. The molecule has 2 amide bonds. The Kier molecular flexibility index (Phi) is 5.59. The molecule has 6 nitrogen and oxygen atoms in total. The van der Waals surface area contributed by atoms with Crippen LogP contribution in [-0.2, 0) is 11.3 Å². The Morgan fingerprint density at radius 3 is 2.62 bits per heavy atom. The largest absolute Gasteiger partial charge is 0.293 e. The number of nitrogens with zero attached hydrogens (tertiary/aromatic N) is 2. The average Bonchev–Trinajstić information content (AvgIpc) is 2.84. The second-order valence-corrected chi connectivity index (χ2v) is 8.13. The first-order valence-corrected chi connectivity index (χ1v) is 9.69. The first-order valence-electron chi connectivity index (χ1n) is 7.29. The van der Waals surface area contributed by atoms with E-state index in [-0.39, 0.29) is 22.4 Å². The molecule has 0 N–H and O–H groups in total. The van der Waals surface area contributed by atoms with Gasteiger partial charge in [-0.15, -0.1) is 0 Å². The van der Waals surface area contributed by atoms with Gasteiger partial charge in [0.05, 0.1) is 20.8 Å². The highest BCUT2D eigenvalue weighted by atomic mass is 79.9. The van der Waals surface area contributed by atoms with Crippen molar-refractivity contribution in [2.45, 2.75) is 6.54 Å². The van der Waals surface area contributed by atoms with E-state index in [1.807, 2.05) is 24.3 Å². The van der Waals surface area contributed by atoms with Crippen LogP contribution >= 0.6 is 43.6 Å². The third-order valence-electron chi connectivity index (χ3n) is 3.57. The summed E-state index contributed by atoms with van der Waals surface area (Å²) in [7, 11) is 0. The molecule has 0 radical (unpaired) electrons. The molecule has 0 bridgehead atoms. The number of amides is 2. The zero-order valence-corrected chi connectivity index (χ0v) is 17.0. The Bertz CT molecular complexity index is 962. The van der Waals surface area contributed by atoms with Gasteiger partial charge in [0, 0.05) is 10.5 Å². The molecule has 1 heterocycles. The van der Waals surface area contributed by atoms with Crippen molar-refractivity contribution in [3.63, 3.8) is 0 Å². The molecular weight excluding hydrogens is 488 g/mol. The number of hydrogen-bond donors (Lipinski definition) is 0. The van der Waals surface area contributed by atoms with Crippen LogP contribution < -0.4 is 0 Å². The summed E-state index contributed by atoms with van der Waals surface area (Å²) in [4.78, 5) is 36.7. The molecule has 1 saturated heterocycles. The van der Waals surface area contributed by atoms with Gasteiger partial charge in [0.15, 0.2) is 0 Å². The zero-order chi connectivity index (χ0) is 18.8. The monoisotopic (exact) mass is 496 g/mol. The maximum atomic E-state index is 12.6. The van der Waals surface area contributed by atoms with E-state index in [9.17, 15) is 19.7 Å². The number of imide groups is 1. The molecule has 26 heavy (non-hydrogen) atoms. The normalized spacial score (nSPS) is 15.8. The van der Waals surface area contributed by atoms with E-state index in [0.717, 1.165) is 26.7 Å². The minimum absolute atomic E-state index is 0.105. The van der Waals surface area contributed by atoms with Crippen molar-refractivity contribution in [3.8, 4) is 0 Å². The van der Waals surface area contributed by atoms with Gasteiger partial charge in [0.1, 0.15) is 0 Å². The predicted molar refractivity (Wildman–Crippen MR) is 106 cm³/mol. The van der Waals surface area contributed by atoms with Gasteiger partial charge in [-0.25, -0.2) is 0 Å². The lowest BCUT2D eigenvalue weighted by Gasteiger charge is -2.12. The van der Waals surface area contributed by atoms with Crippen LogP contribution in [0.5, 0.6) is 0 Å².